The Hall–Kier alpha value is -2.79. The molecule has 25 heavy (non-hydrogen) atoms. The second-order valence-electron chi connectivity index (χ2n) is 5.64. The summed E-state index contributed by atoms with van der Waals surface area (Å²) in [5.41, 5.74) is 1.34. The van der Waals surface area contributed by atoms with Crippen LogP contribution >= 0.6 is 11.6 Å². The van der Waals surface area contributed by atoms with Crippen molar-refractivity contribution >= 4 is 34.2 Å². The van der Waals surface area contributed by atoms with Gasteiger partial charge in [0, 0.05) is 23.2 Å². The van der Waals surface area contributed by atoms with Crippen LogP contribution in [0.1, 0.15) is 12.5 Å². The molecule has 2 aromatic carbocycles. The van der Waals surface area contributed by atoms with Crippen LogP contribution < -0.4 is 15.7 Å². The summed E-state index contributed by atoms with van der Waals surface area (Å²) in [7, 11) is 0. The van der Waals surface area contributed by atoms with Crippen LogP contribution in [-0.4, -0.2) is 12.0 Å². The second-order valence-corrected chi connectivity index (χ2v) is 6.05. The van der Waals surface area contributed by atoms with Gasteiger partial charge in [-0.2, -0.15) is 0 Å². The van der Waals surface area contributed by atoms with E-state index >= 15 is 0 Å². The normalized spacial score (nSPS) is 12.0. The maximum absolute atomic E-state index is 12.2. The number of para-hydroxylation sites is 1. The van der Waals surface area contributed by atoms with Gasteiger partial charge in [0.05, 0.1) is 5.02 Å². The van der Waals surface area contributed by atoms with E-state index in [1.807, 2.05) is 18.2 Å². The zero-order valence-corrected chi connectivity index (χ0v) is 14.5. The van der Waals surface area contributed by atoms with Crippen molar-refractivity contribution in [1.82, 2.24) is 0 Å². The van der Waals surface area contributed by atoms with Crippen molar-refractivity contribution in [2.24, 2.45) is 0 Å². The van der Waals surface area contributed by atoms with Gasteiger partial charge in [-0.1, -0.05) is 29.8 Å². The topological polar surface area (TPSA) is 68.5 Å². The van der Waals surface area contributed by atoms with Gasteiger partial charge in [0.2, 0.25) is 0 Å². The lowest BCUT2D eigenvalue weighted by atomic mass is 10.1. The SMILES string of the molecule is Cc1cc(=O)oc2cc(O[C@@H](C)C(=O)Nc3ccccc3)c(Cl)cc12. The average molecular weight is 358 g/mol. The van der Waals surface area contributed by atoms with Crippen LogP contribution in [0.25, 0.3) is 11.0 Å². The van der Waals surface area contributed by atoms with E-state index in [1.165, 1.54) is 12.1 Å². The molecule has 3 aromatic rings. The van der Waals surface area contributed by atoms with Crippen molar-refractivity contribution in [1.29, 1.82) is 0 Å². The summed E-state index contributed by atoms with van der Waals surface area (Å²) in [5.74, 6) is -0.0355. The fourth-order valence-electron chi connectivity index (χ4n) is 2.42. The molecule has 1 aromatic heterocycles. The molecule has 0 bridgehead atoms. The predicted octanol–water partition coefficient (Wildman–Crippen LogP) is 4.16. The van der Waals surface area contributed by atoms with Crippen LogP contribution in [0.2, 0.25) is 5.02 Å². The minimum Gasteiger partial charge on any atom is -0.479 e. The van der Waals surface area contributed by atoms with Crippen molar-refractivity contribution in [3.05, 3.63) is 69.5 Å². The third-order valence-electron chi connectivity index (χ3n) is 3.72. The summed E-state index contributed by atoms with van der Waals surface area (Å²) in [6.07, 6.45) is -0.785. The molecule has 0 aliphatic carbocycles. The number of hydrogen-bond acceptors (Lipinski definition) is 4. The molecule has 6 heteroatoms. The van der Waals surface area contributed by atoms with Gasteiger partial charge in [0.15, 0.2) is 6.10 Å². The number of rotatable bonds is 4. The second kappa shape index (κ2) is 6.99. The largest absolute Gasteiger partial charge is 0.479 e. The van der Waals surface area contributed by atoms with E-state index in [2.05, 4.69) is 5.32 Å². The Morgan fingerprint density at radius 2 is 1.92 bits per heavy atom. The molecule has 0 aliphatic rings. The van der Waals surface area contributed by atoms with Gasteiger partial charge in [0.1, 0.15) is 11.3 Å². The zero-order valence-electron chi connectivity index (χ0n) is 13.7. The highest BCUT2D eigenvalue weighted by Crippen LogP contribution is 2.31. The number of fused-ring (bicyclic) bond motifs is 1. The number of amides is 1. The molecule has 0 unspecified atom stereocenters. The first-order valence-electron chi connectivity index (χ1n) is 7.70. The number of nitrogens with one attached hydrogen (secondary N) is 1. The van der Waals surface area contributed by atoms with Gasteiger partial charge in [-0.25, -0.2) is 4.79 Å². The number of aryl methyl sites for hydroxylation is 1. The van der Waals surface area contributed by atoms with Gasteiger partial charge in [-0.05, 0) is 37.6 Å². The van der Waals surface area contributed by atoms with E-state index in [9.17, 15) is 9.59 Å². The van der Waals surface area contributed by atoms with Crippen molar-refractivity contribution in [3.8, 4) is 5.75 Å². The molecular formula is C19H16ClNO4. The summed E-state index contributed by atoms with van der Waals surface area (Å²) >= 11 is 6.25. The molecule has 0 aliphatic heterocycles. The fraction of sp³-hybridized carbons (Fsp3) is 0.158. The summed E-state index contributed by atoms with van der Waals surface area (Å²) in [6, 6.07) is 13.7. The van der Waals surface area contributed by atoms with Crippen LogP contribution in [0.4, 0.5) is 5.69 Å². The summed E-state index contributed by atoms with van der Waals surface area (Å²) in [4.78, 5) is 23.8. The molecule has 1 atom stereocenters. The van der Waals surface area contributed by atoms with Crippen LogP contribution in [-0.2, 0) is 4.79 Å². The first-order chi connectivity index (χ1) is 11.9. The van der Waals surface area contributed by atoms with E-state index in [0.29, 0.717) is 16.3 Å². The molecule has 1 N–H and O–H groups in total. The lowest BCUT2D eigenvalue weighted by Crippen LogP contribution is -2.30. The first-order valence-corrected chi connectivity index (χ1v) is 8.08. The van der Waals surface area contributed by atoms with Crippen LogP contribution in [0.3, 0.4) is 0 Å². The van der Waals surface area contributed by atoms with Crippen LogP contribution in [0.5, 0.6) is 5.75 Å². The quantitative estimate of drug-likeness (QED) is 0.712. The van der Waals surface area contributed by atoms with Crippen molar-refractivity contribution in [3.63, 3.8) is 0 Å². The Morgan fingerprint density at radius 3 is 2.64 bits per heavy atom. The average Bonchev–Trinajstić information content (AvgIpc) is 2.57. The third kappa shape index (κ3) is 3.83. The Bertz CT molecular complexity index is 982. The lowest BCUT2D eigenvalue weighted by molar-refractivity contribution is -0.122. The fourth-order valence-corrected chi connectivity index (χ4v) is 2.63. The number of hydrogen-bond donors (Lipinski definition) is 1. The highest BCUT2D eigenvalue weighted by molar-refractivity contribution is 6.32. The van der Waals surface area contributed by atoms with E-state index in [0.717, 1.165) is 10.9 Å². The number of benzene rings is 2. The monoisotopic (exact) mass is 357 g/mol. The standard InChI is InChI=1S/C19H16ClNO4/c1-11-8-18(22)25-16-10-17(15(20)9-14(11)16)24-12(2)19(23)21-13-6-4-3-5-7-13/h3-10,12H,1-2H3,(H,21,23)/t12-/m0/s1. The maximum Gasteiger partial charge on any atom is 0.336 e. The molecule has 5 nitrogen and oxygen atoms in total. The number of carbonyl (C=O) groups is 1. The number of carbonyl (C=O) groups excluding carboxylic acids is 1. The third-order valence-corrected chi connectivity index (χ3v) is 4.01. The Kier molecular flexibility index (Phi) is 4.76. The molecule has 3 rings (SSSR count). The van der Waals surface area contributed by atoms with Crippen LogP contribution in [0, 0.1) is 6.92 Å². The molecule has 128 valence electrons. The molecule has 0 saturated heterocycles. The molecule has 0 fully saturated rings. The zero-order chi connectivity index (χ0) is 18.0. The van der Waals surface area contributed by atoms with Crippen molar-refractivity contribution < 1.29 is 13.9 Å². The van der Waals surface area contributed by atoms with E-state index in [1.54, 1.807) is 32.0 Å². The maximum atomic E-state index is 12.2. The number of halogens is 1. The summed E-state index contributed by atoms with van der Waals surface area (Å²) in [6.45, 7) is 3.41. The van der Waals surface area contributed by atoms with Gasteiger partial charge in [-0.15, -0.1) is 0 Å². The van der Waals surface area contributed by atoms with Crippen molar-refractivity contribution in [2.45, 2.75) is 20.0 Å². The highest BCUT2D eigenvalue weighted by Gasteiger charge is 2.17. The van der Waals surface area contributed by atoms with E-state index in [-0.39, 0.29) is 11.7 Å². The molecular weight excluding hydrogens is 342 g/mol. The molecule has 0 saturated carbocycles. The number of ether oxygens (including phenoxy) is 1. The van der Waals surface area contributed by atoms with Crippen molar-refractivity contribution in [2.75, 3.05) is 5.32 Å². The Balaban J connectivity index is 1.83. The van der Waals surface area contributed by atoms with Gasteiger partial charge in [0.25, 0.3) is 5.91 Å². The summed E-state index contributed by atoms with van der Waals surface area (Å²) < 4.78 is 10.8. The Morgan fingerprint density at radius 1 is 1.20 bits per heavy atom. The molecule has 0 spiro atoms. The minimum atomic E-state index is -0.785. The molecule has 1 amide bonds. The first kappa shape index (κ1) is 17.0. The highest BCUT2D eigenvalue weighted by atomic mass is 35.5. The molecule has 1 heterocycles. The summed E-state index contributed by atoms with van der Waals surface area (Å²) in [5, 5.41) is 3.81. The Labute approximate surface area is 149 Å². The van der Waals surface area contributed by atoms with Gasteiger partial charge in [-0.3, -0.25) is 4.79 Å². The smallest absolute Gasteiger partial charge is 0.336 e. The predicted molar refractivity (Wildman–Crippen MR) is 97.4 cm³/mol. The van der Waals surface area contributed by atoms with E-state index < -0.39 is 11.7 Å². The molecule has 0 radical (unpaired) electrons. The van der Waals surface area contributed by atoms with Gasteiger partial charge < -0.3 is 14.5 Å². The minimum absolute atomic E-state index is 0.277. The van der Waals surface area contributed by atoms with Gasteiger partial charge >= 0.3 is 5.63 Å². The van der Waals surface area contributed by atoms with E-state index in [4.69, 9.17) is 20.8 Å². The lowest BCUT2D eigenvalue weighted by Gasteiger charge is -2.16. The van der Waals surface area contributed by atoms with Crippen LogP contribution in [0.15, 0.2) is 57.7 Å². The number of anilines is 1.